The molecule has 5 saturated heterocycles. The number of ether oxygens (including phenoxy) is 6. The molecule has 8 atom stereocenters. The van der Waals surface area contributed by atoms with E-state index in [-0.39, 0.29) is 85.1 Å². The molecule has 9 fully saturated rings. The number of nitrogens with two attached hydrogens (primary N) is 1. The number of hydrogen-bond donors (Lipinski definition) is 3. The molecular formula is C89H131Cl3N8O12. The summed E-state index contributed by atoms with van der Waals surface area (Å²) >= 11 is 0. The van der Waals surface area contributed by atoms with Gasteiger partial charge in [0, 0.05) is 127 Å². The van der Waals surface area contributed by atoms with Crippen LogP contribution in [0.3, 0.4) is 0 Å². The third-order valence-electron chi connectivity index (χ3n) is 21.8. The summed E-state index contributed by atoms with van der Waals surface area (Å²) < 4.78 is 29.5. The van der Waals surface area contributed by atoms with Crippen molar-refractivity contribution >= 4 is 97.3 Å². The number of amides is 1. The van der Waals surface area contributed by atoms with E-state index >= 15 is 0 Å². The van der Waals surface area contributed by atoms with Crippen molar-refractivity contribution in [3.8, 4) is 0 Å². The quantitative estimate of drug-likeness (QED) is 0.0491. The van der Waals surface area contributed by atoms with Crippen molar-refractivity contribution in [3.05, 3.63) is 166 Å². The van der Waals surface area contributed by atoms with Gasteiger partial charge in [-0.1, -0.05) is 168 Å². The first-order valence-corrected chi connectivity index (χ1v) is 40.0. The first-order valence-electron chi connectivity index (χ1n) is 40.0. The van der Waals surface area contributed by atoms with E-state index in [2.05, 4.69) is 179 Å². The Hall–Kier alpha value is -6.79. The molecule has 20 nitrogen and oxygen atoms in total. The molecule has 9 aliphatic rings. The molecule has 0 bridgehead atoms. The SMILES string of the molecule is C/C(=C\c1ccccc1)[C@@H]1C[C@H]1N.C1CCOC1.COC(=O)CN1CCC(=O)CC1.COC(=O)CN1CCC(N(C(=O)OC(C)(C)C)[C@@H]2C[C@H]2/C(C)=C/c2ccccc2)CC1.COC(=O)CN1CCC(N[C@@H]2C[C@H]2/C(C)=C/c2ccccc2)CC1.COC(=O)CN1CCC(N[C@@H]2C[C@H]2/C(C)=C/c2ccccc2)CC1.Cl.Cl.Cl. The van der Waals surface area contributed by atoms with Crippen LogP contribution in [0.5, 0.6) is 0 Å². The number of hydrogen-bond acceptors (Lipinski definition) is 19. The lowest BCUT2D eigenvalue weighted by molar-refractivity contribution is -0.143. The average molecular weight is 1610 g/mol. The predicted molar refractivity (Wildman–Crippen MR) is 455 cm³/mol. The Labute approximate surface area is 687 Å². The fourth-order valence-corrected chi connectivity index (χ4v) is 15.0. The summed E-state index contributed by atoms with van der Waals surface area (Å²) in [6.45, 7) is 24.8. The van der Waals surface area contributed by atoms with Crippen LogP contribution in [0.25, 0.3) is 24.3 Å². The molecule has 5 heterocycles. The van der Waals surface area contributed by atoms with Gasteiger partial charge >= 0.3 is 30.0 Å². The number of methoxy groups -OCH3 is 4. The topological polar surface area (TPSA) is 224 Å². The minimum Gasteiger partial charge on any atom is -0.468 e. The molecule has 620 valence electrons. The molecule has 4 aromatic carbocycles. The van der Waals surface area contributed by atoms with Crippen LogP contribution in [-0.4, -0.2) is 228 Å². The Bertz CT molecular complexity index is 3460. The van der Waals surface area contributed by atoms with E-state index in [1.807, 2.05) is 54.8 Å². The van der Waals surface area contributed by atoms with Crippen molar-refractivity contribution in [1.82, 2.24) is 35.1 Å². The highest BCUT2D eigenvalue weighted by molar-refractivity contribution is 5.86. The van der Waals surface area contributed by atoms with Gasteiger partial charge in [-0.15, -0.1) is 37.2 Å². The molecule has 0 unspecified atom stereocenters. The minimum absolute atomic E-state index is 0. The van der Waals surface area contributed by atoms with E-state index in [4.69, 9.17) is 29.4 Å². The van der Waals surface area contributed by atoms with Gasteiger partial charge in [0.15, 0.2) is 0 Å². The summed E-state index contributed by atoms with van der Waals surface area (Å²) in [6, 6.07) is 44.9. The Kier molecular flexibility index (Phi) is 42.6. The molecule has 1 amide bonds. The van der Waals surface area contributed by atoms with E-state index < -0.39 is 5.60 Å². The molecule has 112 heavy (non-hydrogen) atoms. The molecule has 23 heteroatoms. The fourth-order valence-electron chi connectivity index (χ4n) is 15.0. The van der Waals surface area contributed by atoms with Crippen LogP contribution in [0.4, 0.5) is 4.79 Å². The van der Waals surface area contributed by atoms with E-state index in [0.29, 0.717) is 106 Å². The number of nitrogens with zero attached hydrogens (tertiary/aromatic N) is 5. The summed E-state index contributed by atoms with van der Waals surface area (Å²) in [6.07, 6.45) is 23.3. The first-order chi connectivity index (χ1) is 52.5. The number of piperidine rings is 4. The standard InChI is InChI=1S/C25H36N2O4.2C20H28N2O2.C12H15N.C8H13NO3.C4H8O.3ClH/c1-18(15-19-9-7-6-8-10-19)21-16-22(21)27(24(29)31-25(2,3)4)20-11-13-26(14-12-20)17-23(28)30-5;2*1-15(12-16-6-4-3-5-7-16)18-13-19(18)21-17-8-10-22(11-9-17)14-20(23)24-2;1-9(11-8-12(11)13)7-10-5-3-2-4-6-10;1-12-8(11)6-9-4-2-7(10)3-5-9;1-2-4-5-3-1;;;/h6-10,15,20-22H,11-14,16-17H2,1-5H3;2*3-7,12,17-19,21H,8-11,13-14H2,1-2H3;2-7,11-12H,8,13H2,1H3;2-6H2,1H3;1-4H2;3*1H/b18-15+;2*15-12+;9-7+;;;;;/t21-,22+;2*18-,19+;11-,12+;;;;;/m0000...../s1. The largest absolute Gasteiger partial charge is 0.468 e. The lowest BCUT2D eigenvalue weighted by atomic mass is 10.0. The Morgan fingerprint density at radius 3 is 1.05 bits per heavy atom. The highest BCUT2D eigenvalue weighted by atomic mass is 35.5. The van der Waals surface area contributed by atoms with Gasteiger partial charge in [-0.25, -0.2) is 4.79 Å². The zero-order valence-electron chi connectivity index (χ0n) is 68.4. The monoisotopic (exact) mass is 1610 g/mol. The van der Waals surface area contributed by atoms with Crippen molar-refractivity contribution in [2.75, 3.05) is 120 Å². The highest BCUT2D eigenvalue weighted by Gasteiger charge is 2.49. The highest BCUT2D eigenvalue weighted by Crippen LogP contribution is 2.45. The normalized spacial score (nSPS) is 23.5. The third kappa shape index (κ3) is 35.1. The molecule has 4 saturated carbocycles. The van der Waals surface area contributed by atoms with Gasteiger partial charge in [-0.3, -0.25) is 43.6 Å². The number of ketones is 1. The fraction of sp³-hybridized carbons (Fsp3) is 0.573. The number of carbonyl (C=O) groups is 6. The van der Waals surface area contributed by atoms with Gasteiger partial charge in [0.1, 0.15) is 11.4 Å². The number of nitrogens with one attached hydrogen (secondary N) is 2. The van der Waals surface area contributed by atoms with Crippen molar-refractivity contribution in [1.29, 1.82) is 0 Å². The van der Waals surface area contributed by atoms with Crippen molar-refractivity contribution in [3.63, 3.8) is 0 Å². The van der Waals surface area contributed by atoms with Crippen LogP contribution in [0.15, 0.2) is 144 Å². The third-order valence-corrected chi connectivity index (χ3v) is 21.8. The van der Waals surface area contributed by atoms with Crippen LogP contribution in [0.1, 0.15) is 161 Å². The molecule has 4 aliphatic carbocycles. The molecule has 5 aliphatic heterocycles. The van der Waals surface area contributed by atoms with Crippen LogP contribution in [0, 0.1) is 23.7 Å². The second-order valence-electron chi connectivity index (χ2n) is 31.8. The molecule has 4 aromatic rings. The number of esters is 4. The maximum atomic E-state index is 13.2. The minimum atomic E-state index is -0.528. The molecule has 0 aromatic heterocycles. The van der Waals surface area contributed by atoms with Crippen LogP contribution in [-0.2, 0) is 52.4 Å². The second kappa shape index (κ2) is 49.9. The van der Waals surface area contributed by atoms with Gasteiger partial charge in [0.05, 0.1) is 54.6 Å². The number of rotatable bonds is 22. The predicted octanol–water partition coefficient (Wildman–Crippen LogP) is 14.1. The van der Waals surface area contributed by atoms with Gasteiger partial charge in [0.25, 0.3) is 0 Å². The van der Waals surface area contributed by atoms with E-state index in [0.717, 1.165) is 104 Å². The average Bonchev–Trinajstić information content (AvgIpc) is 1.62. The number of halogens is 3. The van der Waals surface area contributed by atoms with Crippen molar-refractivity contribution < 1.29 is 57.2 Å². The molecule has 13 rings (SSSR count). The molecule has 4 N–H and O–H groups in total. The maximum Gasteiger partial charge on any atom is 0.410 e. The summed E-state index contributed by atoms with van der Waals surface area (Å²) in [4.78, 5) is 79.5. The van der Waals surface area contributed by atoms with Gasteiger partial charge < -0.3 is 49.7 Å². The van der Waals surface area contributed by atoms with E-state index in [1.54, 1.807) is 0 Å². The summed E-state index contributed by atoms with van der Waals surface area (Å²) in [5.41, 5.74) is 16.0. The number of likely N-dealkylation sites (tertiary alicyclic amines) is 4. The smallest absolute Gasteiger partial charge is 0.410 e. The van der Waals surface area contributed by atoms with Crippen LogP contribution < -0.4 is 16.4 Å². The summed E-state index contributed by atoms with van der Waals surface area (Å²) in [5.74, 6) is 1.93. The van der Waals surface area contributed by atoms with Gasteiger partial charge in [0.2, 0.25) is 0 Å². The molecular weight excluding hydrogens is 1480 g/mol. The van der Waals surface area contributed by atoms with Crippen molar-refractivity contribution in [2.45, 2.75) is 186 Å². The van der Waals surface area contributed by atoms with Crippen LogP contribution in [0.2, 0.25) is 0 Å². The Morgan fingerprint density at radius 1 is 0.455 bits per heavy atom. The number of carbonyl (C=O) groups excluding carboxylic acids is 6. The zero-order chi connectivity index (χ0) is 78.2. The summed E-state index contributed by atoms with van der Waals surface area (Å²) in [5, 5.41) is 7.63. The summed E-state index contributed by atoms with van der Waals surface area (Å²) in [7, 11) is 5.69. The Morgan fingerprint density at radius 2 is 0.759 bits per heavy atom. The van der Waals surface area contributed by atoms with Crippen molar-refractivity contribution in [2.24, 2.45) is 29.4 Å². The van der Waals surface area contributed by atoms with Crippen LogP contribution >= 0.6 is 37.2 Å². The van der Waals surface area contributed by atoms with E-state index in [9.17, 15) is 28.8 Å². The first kappa shape index (κ1) is 95.8. The second-order valence-corrected chi connectivity index (χ2v) is 31.8. The number of Topliss-reactive ketones (excluding diaryl/α,β-unsaturated/α-hetero) is 1. The Balaban J connectivity index is 0.000000253. The lowest BCUT2D eigenvalue weighted by Gasteiger charge is -2.39. The zero-order valence-corrected chi connectivity index (χ0v) is 70.9. The lowest BCUT2D eigenvalue weighted by Crippen LogP contribution is -2.51. The molecule has 0 spiro atoms. The number of benzene rings is 4. The van der Waals surface area contributed by atoms with Gasteiger partial charge in [-0.2, -0.15) is 0 Å². The maximum absolute atomic E-state index is 13.2. The van der Waals surface area contributed by atoms with Gasteiger partial charge in [-0.05, 0) is 166 Å². The molecule has 0 radical (unpaired) electrons. The van der Waals surface area contributed by atoms with E-state index in [1.165, 1.54) is 98.7 Å².